The fourth-order valence-corrected chi connectivity index (χ4v) is 4.38. The van der Waals surface area contributed by atoms with E-state index in [1.54, 1.807) is 0 Å². The average molecular weight is 284 g/mol. The number of aliphatic hydroxyl groups is 1. The first kappa shape index (κ1) is 13.7. The van der Waals surface area contributed by atoms with Gasteiger partial charge >= 0.3 is 0 Å². The number of benzene rings is 2. The molecule has 2 aromatic carbocycles. The van der Waals surface area contributed by atoms with Gasteiger partial charge in [-0.2, -0.15) is 0 Å². The van der Waals surface area contributed by atoms with Crippen molar-refractivity contribution in [2.45, 2.75) is 30.3 Å². The van der Waals surface area contributed by atoms with E-state index < -0.39 is 0 Å². The highest BCUT2D eigenvalue weighted by atomic mass is 32.2. The zero-order chi connectivity index (χ0) is 13.9. The number of fused-ring (bicyclic) bond motifs is 1. The van der Waals surface area contributed by atoms with E-state index in [1.807, 2.05) is 17.8 Å². The summed E-state index contributed by atoms with van der Waals surface area (Å²) >= 11 is 1.88. The van der Waals surface area contributed by atoms with Crippen LogP contribution in [-0.4, -0.2) is 17.0 Å². The molecule has 3 unspecified atom stereocenters. The Hall–Kier alpha value is -1.25. The zero-order valence-corrected chi connectivity index (χ0v) is 12.5. The summed E-state index contributed by atoms with van der Waals surface area (Å²) in [6.45, 7) is 2.17. The molecule has 1 aliphatic rings. The van der Waals surface area contributed by atoms with Crippen LogP contribution in [0.3, 0.4) is 0 Å². The summed E-state index contributed by atoms with van der Waals surface area (Å²) in [6.07, 6.45) is 0.712. The van der Waals surface area contributed by atoms with Gasteiger partial charge < -0.3 is 5.11 Å². The highest BCUT2D eigenvalue weighted by Gasteiger charge is 2.33. The molecule has 1 aliphatic heterocycles. The van der Waals surface area contributed by atoms with Crippen LogP contribution in [0.4, 0.5) is 0 Å². The molecule has 1 N–H and O–H groups in total. The SMILES string of the molecule is CCC1CSc2ccccc2C(c2ccccc2)C1O. The first-order valence-corrected chi connectivity index (χ1v) is 8.24. The van der Waals surface area contributed by atoms with Gasteiger partial charge in [-0.05, 0) is 23.1 Å². The van der Waals surface area contributed by atoms with Gasteiger partial charge in [0.1, 0.15) is 0 Å². The molecular formula is C18H20OS. The van der Waals surface area contributed by atoms with E-state index in [2.05, 4.69) is 55.5 Å². The van der Waals surface area contributed by atoms with Gasteiger partial charge in [0, 0.05) is 16.6 Å². The van der Waals surface area contributed by atoms with E-state index >= 15 is 0 Å². The third kappa shape index (κ3) is 2.50. The van der Waals surface area contributed by atoms with Gasteiger partial charge in [0.25, 0.3) is 0 Å². The lowest BCUT2D eigenvalue weighted by Crippen LogP contribution is -2.28. The Balaban J connectivity index is 2.11. The molecule has 0 saturated heterocycles. The monoisotopic (exact) mass is 284 g/mol. The minimum atomic E-state index is -0.307. The summed E-state index contributed by atoms with van der Waals surface area (Å²) in [5, 5.41) is 10.9. The van der Waals surface area contributed by atoms with Crippen LogP contribution in [0.25, 0.3) is 0 Å². The lowest BCUT2D eigenvalue weighted by molar-refractivity contribution is 0.101. The predicted octanol–water partition coefficient (Wildman–Crippen LogP) is 4.31. The largest absolute Gasteiger partial charge is 0.392 e. The van der Waals surface area contributed by atoms with Crippen LogP contribution in [0.5, 0.6) is 0 Å². The third-order valence-electron chi connectivity index (χ3n) is 4.21. The van der Waals surface area contributed by atoms with Gasteiger partial charge in [0.05, 0.1) is 6.10 Å². The van der Waals surface area contributed by atoms with E-state index in [4.69, 9.17) is 0 Å². The average Bonchev–Trinajstić information content (AvgIpc) is 2.64. The molecule has 1 nitrogen and oxygen atoms in total. The summed E-state index contributed by atoms with van der Waals surface area (Å²) in [7, 11) is 0. The van der Waals surface area contributed by atoms with Gasteiger partial charge in [-0.1, -0.05) is 61.9 Å². The second-order valence-electron chi connectivity index (χ2n) is 5.40. The van der Waals surface area contributed by atoms with Gasteiger partial charge in [0.2, 0.25) is 0 Å². The molecule has 0 aromatic heterocycles. The molecular weight excluding hydrogens is 264 g/mol. The normalized spacial score (nSPS) is 25.8. The first-order valence-electron chi connectivity index (χ1n) is 7.26. The van der Waals surface area contributed by atoms with Crippen molar-refractivity contribution in [1.82, 2.24) is 0 Å². The third-order valence-corrected chi connectivity index (χ3v) is 5.49. The van der Waals surface area contributed by atoms with Gasteiger partial charge in [-0.15, -0.1) is 11.8 Å². The number of aliphatic hydroxyl groups excluding tert-OH is 1. The van der Waals surface area contributed by atoms with Crippen molar-refractivity contribution in [2.75, 3.05) is 5.75 Å². The second-order valence-corrected chi connectivity index (χ2v) is 6.46. The van der Waals surface area contributed by atoms with Gasteiger partial charge in [-0.3, -0.25) is 0 Å². The lowest BCUT2D eigenvalue weighted by Gasteiger charge is -2.27. The van der Waals surface area contributed by atoms with Crippen molar-refractivity contribution in [1.29, 1.82) is 0 Å². The summed E-state index contributed by atoms with van der Waals surface area (Å²) in [5.74, 6) is 1.43. The van der Waals surface area contributed by atoms with Crippen LogP contribution in [0.1, 0.15) is 30.4 Å². The molecule has 3 atom stereocenters. The number of hydrogen-bond donors (Lipinski definition) is 1. The Morgan fingerprint density at radius 1 is 1.05 bits per heavy atom. The molecule has 0 aliphatic carbocycles. The van der Waals surface area contributed by atoms with Crippen molar-refractivity contribution in [3.63, 3.8) is 0 Å². The van der Waals surface area contributed by atoms with Crippen molar-refractivity contribution in [2.24, 2.45) is 5.92 Å². The number of thioether (sulfide) groups is 1. The Morgan fingerprint density at radius 3 is 2.50 bits per heavy atom. The lowest BCUT2D eigenvalue weighted by atomic mass is 9.81. The summed E-state index contributed by atoms with van der Waals surface area (Å²) in [6, 6.07) is 18.9. The molecule has 2 heteroatoms. The van der Waals surface area contributed by atoms with Gasteiger partial charge in [-0.25, -0.2) is 0 Å². The Bertz CT molecular complexity index is 567. The van der Waals surface area contributed by atoms with Crippen molar-refractivity contribution in [3.8, 4) is 0 Å². The minimum Gasteiger partial charge on any atom is -0.392 e. The van der Waals surface area contributed by atoms with E-state index in [-0.39, 0.29) is 12.0 Å². The highest BCUT2D eigenvalue weighted by molar-refractivity contribution is 7.99. The molecule has 0 bridgehead atoms. The standard InChI is InChI=1S/C18H20OS/c1-2-13-12-20-16-11-7-6-10-15(16)17(18(13)19)14-8-4-3-5-9-14/h3-11,13,17-19H,2,12H2,1H3. The Labute approximate surface area is 125 Å². The fourth-order valence-electron chi connectivity index (χ4n) is 3.02. The maximum atomic E-state index is 10.9. The maximum Gasteiger partial charge on any atom is 0.0685 e. The number of rotatable bonds is 2. The maximum absolute atomic E-state index is 10.9. The highest BCUT2D eigenvalue weighted by Crippen LogP contribution is 2.42. The van der Waals surface area contributed by atoms with Crippen molar-refractivity contribution < 1.29 is 5.11 Å². The number of hydrogen-bond acceptors (Lipinski definition) is 2. The van der Waals surface area contributed by atoms with Crippen LogP contribution in [-0.2, 0) is 0 Å². The van der Waals surface area contributed by atoms with Crippen LogP contribution < -0.4 is 0 Å². The molecule has 0 fully saturated rings. The Kier molecular flexibility index (Phi) is 4.13. The minimum absolute atomic E-state index is 0.0901. The van der Waals surface area contributed by atoms with Crippen LogP contribution in [0, 0.1) is 5.92 Å². The quantitative estimate of drug-likeness (QED) is 0.886. The summed E-state index contributed by atoms with van der Waals surface area (Å²) < 4.78 is 0. The molecule has 0 spiro atoms. The second kappa shape index (κ2) is 6.02. The van der Waals surface area contributed by atoms with Crippen LogP contribution in [0.2, 0.25) is 0 Å². The van der Waals surface area contributed by atoms with Crippen LogP contribution >= 0.6 is 11.8 Å². The van der Waals surface area contributed by atoms with E-state index in [0.717, 1.165) is 12.2 Å². The molecule has 0 radical (unpaired) electrons. The molecule has 3 rings (SSSR count). The zero-order valence-electron chi connectivity index (χ0n) is 11.7. The van der Waals surface area contributed by atoms with Crippen molar-refractivity contribution >= 4 is 11.8 Å². The van der Waals surface area contributed by atoms with Gasteiger partial charge in [0.15, 0.2) is 0 Å². The topological polar surface area (TPSA) is 20.2 Å². The van der Waals surface area contributed by atoms with E-state index in [9.17, 15) is 5.11 Å². The smallest absolute Gasteiger partial charge is 0.0685 e. The summed E-state index contributed by atoms with van der Waals surface area (Å²) in [4.78, 5) is 1.32. The molecule has 20 heavy (non-hydrogen) atoms. The molecule has 0 saturated carbocycles. The molecule has 2 aromatic rings. The Morgan fingerprint density at radius 2 is 1.75 bits per heavy atom. The fraction of sp³-hybridized carbons (Fsp3) is 0.333. The van der Waals surface area contributed by atoms with Crippen LogP contribution in [0.15, 0.2) is 59.5 Å². The molecule has 104 valence electrons. The van der Waals surface area contributed by atoms with E-state index in [1.165, 1.54) is 16.0 Å². The molecule has 1 heterocycles. The molecule has 0 amide bonds. The summed E-state index contributed by atoms with van der Waals surface area (Å²) in [5.41, 5.74) is 2.49. The predicted molar refractivity (Wildman–Crippen MR) is 85.2 cm³/mol. The first-order chi connectivity index (χ1) is 9.81. The van der Waals surface area contributed by atoms with E-state index in [0.29, 0.717) is 5.92 Å². The van der Waals surface area contributed by atoms with Crippen molar-refractivity contribution in [3.05, 3.63) is 65.7 Å².